The maximum atomic E-state index is 12.8. The zero-order valence-electron chi connectivity index (χ0n) is 6.20. The van der Waals surface area contributed by atoms with Gasteiger partial charge in [0.15, 0.2) is 5.82 Å². The second-order valence-electron chi connectivity index (χ2n) is 2.33. The molecule has 11 heavy (non-hydrogen) atoms. The number of rotatable bonds is 1. The van der Waals surface area contributed by atoms with Crippen molar-refractivity contribution in [2.45, 2.75) is 13.3 Å². The number of aryl methyl sites for hydroxylation is 1. The number of nitrogen functional groups attached to an aromatic ring is 1. The van der Waals surface area contributed by atoms with E-state index in [0.717, 1.165) is 12.0 Å². The fourth-order valence-corrected chi connectivity index (χ4v) is 1.12. The Balaban J connectivity index is 3.21. The third-order valence-electron chi connectivity index (χ3n) is 1.52. The molecule has 3 heteroatoms. The molecular formula is C8H9ClFN. The summed E-state index contributed by atoms with van der Waals surface area (Å²) >= 11 is 5.54. The summed E-state index contributed by atoms with van der Waals surface area (Å²) in [7, 11) is 0. The molecule has 0 atom stereocenters. The number of hydrogen-bond donors (Lipinski definition) is 1. The highest BCUT2D eigenvalue weighted by molar-refractivity contribution is 6.31. The Bertz CT molecular complexity index is 250. The van der Waals surface area contributed by atoms with Crippen molar-refractivity contribution < 1.29 is 4.39 Å². The van der Waals surface area contributed by atoms with E-state index in [0.29, 0.717) is 0 Å². The largest absolute Gasteiger partial charge is 0.396 e. The van der Waals surface area contributed by atoms with Crippen LogP contribution in [0.2, 0.25) is 5.02 Å². The van der Waals surface area contributed by atoms with E-state index < -0.39 is 5.82 Å². The lowest BCUT2D eigenvalue weighted by Gasteiger charge is -2.01. The third kappa shape index (κ3) is 1.63. The van der Waals surface area contributed by atoms with Crippen LogP contribution < -0.4 is 5.73 Å². The first kappa shape index (κ1) is 8.34. The van der Waals surface area contributed by atoms with Crippen molar-refractivity contribution in [3.05, 3.63) is 28.5 Å². The Morgan fingerprint density at radius 3 is 2.64 bits per heavy atom. The van der Waals surface area contributed by atoms with E-state index in [2.05, 4.69) is 0 Å². The zero-order valence-corrected chi connectivity index (χ0v) is 6.95. The summed E-state index contributed by atoms with van der Waals surface area (Å²) < 4.78 is 12.8. The first-order valence-corrected chi connectivity index (χ1v) is 3.76. The van der Waals surface area contributed by atoms with E-state index >= 15 is 0 Å². The van der Waals surface area contributed by atoms with Crippen LogP contribution >= 0.6 is 11.6 Å². The average molecular weight is 174 g/mol. The molecular weight excluding hydrogens is 165 g/mol. The van der Waals surface area contributed by atoms with Gasteiger partial charge in [0.1, 0.15) is 0 Å². The molecule has 0 aliphatic heterocycles. The summed E-state index contributed by atoms with van der Waals surface area (Å²) in [5, 5.41) is 0.0989. The van der Waals surface area contributed by atoms with E-state index in [4.69, 9.17) is 17.3 Å². The molecule has 1 rings (SSSR count). The number of benzene rings is 1. The molecule has 0 spiro atoms. The smallest absolute Gasteiger partial charge is 0.164 e. The van der Waals surface area contributed by atoms with E-state index in [1.807, 2.05) is 6.92 Å². The van der Waals surface area contributed by atoms with Crippen LogP contribution in [-0.4, -0.2) is 0 Å². The topological polar surface area (TPSA) is 26.0 Å². The molecule has 1 nitrogen and oxygen atoms in total. The summed E-state index contributed by atoms with van der Waals surface area (Å²) in [6.45, 7) is 1.96. The molecule has 0 aromatic heterocycles. The van der Waals surface area contributed by atoms with Gasteiger partial charge in [-0.25, -0.2) is 4.39 Å². The van der Waals surface area contributed by atoms with E-state index in [1.54, 1.807) is 12.1 Å². The van der Waals surface area contributed by atoms with Crippen LogP contribution in [0.25, 0.3) is 0 Å². The minimum absolute atomic E-state index is 0.0989. The molecule has 2 N–H and O–H groups in total. The molecule has 60 valence electrons. The predicted molar refractivity (Wildman–Crippen MR) is 45.2 cm³/mol. The Labute approximate surface area is 70.0 Å². The standard InChI is InChI=1S/C8H9ClFN/c1-2-5-3-6(9)8(10)7(11)4-5/h3-4H,2,11H2,1H3. The number of nitrogens with two attached hydrogens (primary N) is 1. The predicted octanol–water partition coefficient (Wildman–Crippen LogP) is 2.62. The number of anilines is 1. The van der Waals surface area contributed by atoms with Gasteiger partial charge in [0.05, 0.1) is 10.7 Å². The van der Waals surface area contributed by atoms with Gasteiger partial charge in [-0.1, -0.05) is 18.5 Å². The van der Waals surface area contributed by atoms with Gasteiger partial charge >= 0.3 is 0 Å². The Morgan fingerprint density at radius 2 is 2.18 bits per heavy atom. The molecule has 0 aliphatic rings. The average Bonchev–Trinajstić information content (AvgIpc) is 1.99. The highest BCUT2D eigenvalue weighted by Gasteiger charge is 2.04. The van der Waals surface area contributed by atoms with E-state index in [9.17, 15) is 4.39 Å². The van der Waals surface area contributed by atoms with Crippen molar-refractivity contribution in [3.8, 4) is 0 Å². The van der Waals surface area contributed by atoms with Crippen LogP contribution in [-0.2, 0) is 6.42 Å². The highest BCUT2D eigenvalue weighted by Crippen LogP contribution is 2.22. The van der Waals surface area contributed by atoms with Crippen molar-refractivity contribution in [1.29, 1.82) is 0 Å². The second-order valence-corrected chi connectivity index (χ2v) is 2.74. The Kier molecular flexibility index (Phi) is 2.35. The normalized spacial score (nSPS) is 10.1. The van der Waals surface area contributed by atoms with E-state index in [-0.39, 0.29) is 10.7 Å². The lowest BCUT2D eigenvalue weighted by Crippen LogP contribution is -1.93. The summed E-state index contributed by atoms with van der Waals surface area (Å²) in [5.41, 5.74) is 6.41. The fraction of sp³-hybridized carbons (Fsp3) is 0.250. The van der Waals surface area contributed by atoms with Gasteiger partial charge in [0.25, 0.3) is 0 Å². The van der Waals surface area contributed by atoms with Gasteiger partial charge in [-0.15, -0.1) is 0 Å². The fourth-order valence-electron chi connectivity index (χ4n) is 0.873. The van der Waals surface area contributed by atoms with Gasteiger partial charge < -0.3 is 5.73 Å². The maximum absolute atomic E-state index is 12.8. The van der Waals surface area contributed by atoms with Crippen LogP contribution in [0, 0.1) is 5.82 Å². The van der Waals surface area contributed by atoms with Gasteiger partial charge in [0, 0.05) is 0 Å². The Morgan fingerprint density at radius 1 is 1.55 bits per heavy atom. The molecule has 0 saturated carbocycles. The van der Waals surface area contributed by atoms with Crippen molar-refractivity contribution in [1.82, 2.24) is 0 Å². The SMILES string of the molecule is CCc1cc(N)c(F)c(Cl)c1. The lowest BCUT2D eigenvalue weighted by atomic mass is 10.1. The van der Waals surface area contributed by atoms with Crippen LogP contribution in [0.15, 0.2) is 12.1 Å². The third-order valence-corrected chi connectivity index (χ3v) is 1.80. The van der Waals surface area contributed by atoms with Crippen molar-refractivity contribution in [2.24, 2.45) is 0 Å². The van der Waals surface area contributed by atoms with Gasteiger partial charge in [-0.05, 0) is 24.1 Å². The first-order chi connectivity index (χ1) is 5.15. The summed E-state index contributed by atoms with van der Waals surface area (Å²) in [4.78, 5) is 0. The monoisotopic (exact) mass is 173 g/mol. The van der Waals surface area contributed by atoms with Crippen LogP contribution in [0.5, 0.6) is 0 Å². The molecule has 0 heterocycles. The van der Waals surface area contributed by atoms with Crippen LogP contribution in [0.3, 0.4) is 0 Å². The second kappa shape index (κ2) is 3.09. The molecule has 0 aliphatic carbocycles. The quantitative estimate of drug-likeness (QED) is 0.650. The van der Waals surface area contributed by atoms with Gasteiger partial charge in [-0.3, -0.25) is 0 Å². The summed E-state index contributed by atoms with van der Waals surface area (Å²) in [6, 6.07) is 3.19. The zero-order chi connectivity index (χ0) is 8.43. The maximum Gasteiger partial charge on any atom is 0.164 e. The summed E-state index contributed by atoms with van der Waals surface area (Å²) in [6.07, 6.45) is 0.810. The molecule has 0 amide bonds. The molecule has 1 aromatic rings. The van der Waals surface area contributed by atoms with Crippen molar-refractivity contribution in [2.75, 3.05) is 5.73 Å². The van der Waals surface area contributed by atoms with E-state index in [1.165, 1.54) is 0 Å². The molecule has 0 bridgehead atoms. The number of halogens is 2. The van der Waals surface area contributed by atoms with Gasteiger partial charge in [0.2, 0.25) is 0 Å². The van der Waals surface area contributed by atoms with Crippen LogP contribution in [0.4, 0.5) is 10.1 Å². The molecule has 0 saturated heterocycles. The first-order valence-electron chi connectivity index (χ1n) is 3.38. The Hall–Kier alpha value is -0.760. The molecule has 0 unspecified atom stereocenters. The lowest BCUT2D eigenvalue weighted by molar-refractivity contribution is 0.632. The van der Waals surface area contributed by atoms with Crippen molar-refractivity contribution in [3.63, 3.8) is 0 Å². The number of hydrogen-bond acceptors (Lipinski definition) is 1. The summed E-state index contributed by atoms with van der Waals surface area (Å²) in [5.74, 6) is -0.524. The molecule has 0 fully saturated rings. The van der Waals surface area contributed by atoms with Crippen LogP contribution in [0.1, 0.15) is 12.5 Å². The highest BCUT2D eigenvalue weighted by atomic mass is 35.5. The minimum atomic E-state index is -0.524. The minimum Gasteiger partial charge on any atom is -0.396 e. The van der Waals surface area contributed by atoms with Crippen molar-refractivity contribution >= 4 is 17.3 Å². The van der Waals surface area contributed by atoms with Gasteiger partial charge in [-0.2, -0.15) is 0 Å². The molecule has 1 aromatic carbocycles. The molecule has 0 radical (unpaired) electrons.